The molecule has 4 aromatic rings. The van der Waals surface area contributed by atoms with E-state index in [-0.39, 0.29) is 11.6 Å². The number of hydrogen-bond acceptors (Lipinski definition) is 2. The van der Waals surface area contributed by atoms with E-state index >= 15 is 0 Å². The molecule has 2 nitrogen and oxygen atoms in total. The SMILES string of the molecule is CCC(=O)c1ccc(-c2ccc(C(=O)Cc3ccc(-c4ccc(C)cc4)cc3)cc2)cc1. The minimum Gasteiger partial charge on any atom is -0.294 e. The average molecular weight is 419 g/mol. The van der Waals surface area contributed by atoms with E-state index in [1.807, 2.05) is 67.6 Å². The third kappa shape index (κ3) is 4.92. The molecule has 0 N–H and O–H groups in total. The van der Waals surface area contributed by atoms with Crippen LogP contribution in [0.3, 0.4) is 0 Å². The van der Waals surface area contributed by atoms with E-state index in [1.54, 1.807) is 0 Å². The lowest BCUT2D eigenvalue weighted by atomic mass is 9.97. The summed E-state index contributed by atoms with van der Waals surface area (Å²) in [6, 6.07) is 32.0. The number of Topliss-reactive ketones (excluding diaryl/α,β-unsaturated/α-hetero) is 2. The van der Waals surface area contributed by atoms with Gasteiger partial charge in [0.1, 0.15) is 0 Å². The maximum atomic E-state index is 12.8. The predicted octanol–water partition coefficient (Wildman–Crippen LogP) is 7.35. The number of benzene rings is 4. The van der Waals surface area contributed by atoms with Crippen LogP contribution < -0.4 is 0 Å². The molecule has 0 aromatic heterocycles. The van der Waals surface area contributed by atoms with Crippen molar-refractivity contribution in [1.29, 1.82) is 0 Å². The van der Waals surface area contributed by atoms with Crippen molar-refractivity contribution in [3.05, 3.63) is 119 Å². The minimum absolute atomic E-state index is 0.100. The first-order valence-corrected chi connectivity index (χ1v) is 11.0. The van der Waals surface area contributed by atoms with Gasteiger partial charge < -0.3 is 0 Å². The summed E-state index contributed by atoms with van der Waals surface area (Å²) in [6.45, 7) is 3.95. The molecule has 0 aliphatic carbocycles. The van der Waals surface area contributed by atoms with Gasteiger partial charge in [0, 0.05) is 24.0 Å². The second-order valence-corrected chi connectivity index (χ2v) is 8.09. The van der Waals surface area contributed by atoms with Crippen molar-refractivity contribution >= 4 is 11.6 Å². The molecule has 0 atom stereocenters. The van der Waals surface area contributed by atoms with E-state index in [0.717, 1.165) is 27.8 Å². The number of carbonyl (C=O) groups is 2. The van der Waals surface area contributed by atoms with Gasteiger partial charge in [-0.25, -0.2) is 0 Å². The molecule has 158 valence electrons. The van der Waals surface area contributed by atoms with Crippen LogP contribution in [0, 0.1) is 6.92 Å². The molecule has 0 saturated heterocycles. The zero-order chi connectivity index (χ0) is 22.5. The van der Waals surface area contributed by atoms with Crippen molar-refractivity contribution < 1.29 is 9.59 Å². The van der Waals surface area contributed by atoms with Crippen molar-refractivity contribution in [2.24, 2.45) is 0 Å². The van der Waals surface area contributed by atoms with Crippen LogP contribution in [0.15, 0.2) is 97.1 Å². The van der Waals surface area contributed by atoms with Gasteiger partial charge in [-0.2, -0.15) is 0 Å². The first-order chi connectivity index (χ1) is 15.5. The van der Waals surface area contributed by atoms with Crippen LogP contribution in [0.5, 0.6) is 0 Å². The Kier molecular flexibility index (Phi) is 6.42. The van der Waals surface area contributed by atoms with Gasteiger partial charge in [0.15, 0.2) is 11.6 Å². The van der Waals surface area contributed by atoms with Gasteiger partial charge in [-0.1, -0.05) is 110 Å². The highest BCUT2D eigenvalue weighted by molar-refractivity contribution is 5.98. The summed E-state index contributed by atoms with van der Waals surface area (Å²) in [7, 11) is 0. The van der Waals surface area contributed by atoms with Crippen LogP contribution in [0.1, 0.15) is 45.2 Å². The van der Waals surface area contributed by atoms with E-state index in [0.29, 0.717) is 18.4 Å². The Hall–Kier alpha value is -3.78. The minimum atomic E-state index is 0.100. The Morgan fingerprint density at radius 2 is 0.906 bits per heavy atom. The molecule has 0 unspecified atom stereocenters. The summed E-state index contributed by atoms with van der Waals surface area (Å²) in [5.74, 6) is 0.243. The summed E-state index contributed by atoms with van der Waals surface area (Å²) in [6.07, 6.45) is 0.881. The Labute approximate surface area is 189 Å². The van der Waals surface area contributed by atoms with Crippen molar-refractivity contribution in [2.75, 3.05) is 0 Å². The third-order valence-electron chi connectivity index (χ3n) is 5.77. The maximum absolute atomic E-state index is 12.8. The number of aryl methyl sites for hydroxylation is 1. The number of carbonyl (C=O) groups excluding carboxylic acids is 2. The van der Waals surface area contributed by atoms with Crippen LogP contribution in [-0.2, 0) is 6.42 Å². The zero-order valence-corrected chi connectivity index (χ0v) is 18.5. The van der Waals surface area contributed by atoms with Gasteiger partial charge in [0.25, 0.3) is 0 Å². The third-order valence-corrected chi connectivity index (χ3v) is 5.77. The van der Waals surface area contributed by atoms with Crippen molar-refractivity contribution in [3.8, 4) is 22.3 Å². The Morgan fingerprint density at radius 3 is 1.34 bits per heavy atom. The van der Waals surface area contributed by atoms with Gasteiger partial charge >= 0.3 is 0 Å². The van der Waals surface area contributed by atoms with Gasteiger partial charge in [0.05, 0.1) is 0 Å². The number of ketones is 2. The number of hydrogen-bond donors (Lipinski definition) is 0. The first kappa shape index (κ1) is 21.5. The maximum Gasteiger partial charge on any atom is 0.167 e. The monoisotopic (exact) mass is 418 g/mol. The molecule has 0 radical (unpaired) electrons. The van der Waals surface area contributed by atoms with Crippen LogP contribution >= 0.6 is 0 Å². The molecule has 4 aromatic carbocycles. The van der Waals surface area contributed by atoms with Crippen LogP contribution in [0.4, 0.5) is 0 Å². The molecular formula is C30H26O2. The van der Waals surface area contributed by atoms with Crippen LogP contribution in [0.2, 0.25) is 0 Å². The molecule has 0 amide bonds. The fraction of sp³-hybridized carbons (Fsp3) is 0.133. The van der Waals surface area contributed by atoms with E-state index in [4.69, 9.17) is 0 Å². The quantitative estimate of drug-likeness (QED) is 0.294. The second kappa shape index (κ2) is 9.57. The predicted molar refractivity (Wildman–Crippen MR) is 131 cm³/mol. The molecule has 0 saturated carbocycles. The molecule has 0 aliphatic heterocycles. The van der Waals surface area contributed by atoms with Gasteiger partial charge in [-0.05, 0) is 34.7 Å². The molecule has 0 spiro atoms. The second-order valence-electron chi connectivity index (χ2n) is 8.09. The van der Waals surface area contributed by atoms with E-state index < -0.39 is 0 Å². The average Bonchev–Trinajstić information content (AvgIpc) is 2.85. The lowest BCUT2D eigenvalue weighted by Gasteiger charge is -2.07. The summed E-state index contributed by atoms with van der Waals surface area (Å²) in [5, 5.41) is 0. The summed E-state index contributed by atoms with van der Waals surface area (Å²) >= 11 is 0. The highest BCUT2D eigenvalue weighted by Crippen LogP contribution is 2.23. The fourth-order valence-corrected chi connectivity index (χ4v) is 3.75. The summed E-state index contributed by atoms with van der Waals surface area (Å²) < 4.78 is 0. The van der Waals surface area contributed by atoms with Crippen molar-refractivity contribution in [2.45, 2.75) is 26.7 Å². The Morgan fingerprint density at radius 1 is 0.531 bits per heavy atom. The smallest absolute Gasteiger partial charge is 0.167 e. The largest absolute Gasteiger partial charge is 0.294 e. The summed E-state index contributed by atoms with van der Waals surface area (Å²) in [4.78, 5) is 24.6. The Balaban J connectivity index is 1.42. The first-order valence-electron chi connectivity index (χ1n) is 11.0. The highest BCUT2D eigenvalue weighted by Gasteiger charge is 2.09. The topological polar surface area (TPSA) is 34.1 Å². The normalized spacial score (nSPS) is 10.7. The molecule has 2 heteroatoms. The molecular weight excluding hydrogens is 392 g/mol. The molecule has 4 rings (SSSR count). The molecule has 0 bridgehead atoms. The van der Waals surface area contributed by atoms with Gasteiger partial charge in [-0.3, -0.25) is 9.59 Å². The van der Waals surface area contributed by atoms with Gasteiger partial charge in [0.2, 0.25) is 0 Å². The molecule has 0 fully saturated rings. The van der Waals surface area contributed by atoms with E-state index in [1.165, 1.54) is 11.1 Å². The zero-order valence-electron chi connectivity index (χ0n) is 18.5. The van der Waals surface area contributed by atoms with E-state index in [9.17, 15) is 9.59 Å². The molecule has 0 heterocycles. The van der Waals surface area contributed by atoms with Crippen LogP contribution in [-0.4, -0.2) is 11.6 Å². The van der Waals surface area contributed by atoms with Crippen molar-refractivity contribution in [3.63, 3.8) is 0 Å². The fourth-order valence-electron chi connectivity index (χ4n) is 3.75. The summed E-state index contributed by atoms with van der Waals surface area (Å²) in [5.41, 5.74) is 8.07. The lowest BCUT2D eigenvalue weighted by molar-refractivity contribution is 0.0982. The van der Waals surface area contributed by atoms with Crippen LogP contribution in [0.25, 0.3) is 22.3 Å². The van der Waals surface area contributed by atoms with Gasteiger partial charge in [-0.15, -0.1) is 0 Å². The number of rotatable bonds is 7. The van der Waals surface area contributed by atoms with Crippen molar-refractivity contribution in [1.82, 2.24) is 0 Å². The Bertz CT molecular complexity index is 1210. The molecule has 32 heavy (non-hydrogen) atoms. The van der Waals surface area contributed by atoms with E-state index in [2.05, 4.69) is 43.3 Å². The lowest BCUT2D eigenvalue weighted by Crippen LogP contribution is -2.03. The molecule has 0 aliphatic rings. The standard InChI is InChI=1S/C30H26O2/c1-3-29(31)27-16-12-25(13-17-27)26-14-18-28(19-15-26)30(32)20-22-6-10-24(11-7-22)23-8-4-21(2)5-9-23/h4-19H,3,20H2,1-2H3. The highest BCUT2D eigenvalue weighted by atomic mass is 16.1.